The van der Waals surface area contributed by atoms with Crippen molar-refractivity contribution in [3.63, 3.8) is 0 Å². The third kappa shape index (κ3) is 16.2. The van der Waals surface area contributed by atoms with Gasteiger partial charge in [-0.15, -0.1) is 0 Å². The van der Waals surface area contributed by atoms with Crippen molar-refractivity contribution in [2.45, 2.75) is 203 Å². The number of nitrogens with one attached hydrogen (secondary N) is 3. The molecule has 2 unspecified atom stereocenters. The SMILES string of the molecule is CCC(C)CC(C)CCCCCCCCC(=O)N1[C@H](O)[C@H](O)C[C@H]1C(=O)N[C@H](C(=O)N1C[C@H](O)C[C@H]1C(=O)N[C@H](C(=O)N[C@H](C(=O)N1CC[C@H](O)[C@H]1C(N)=O)[C@H](O)CCN)[C@H](O)[C@@H](O)c1ccc(O)cc1)[C@@H](C)O. The number of unbranched alkanes of at least 4 members (excludes halogenated alkanes) is 5. The van der Waals surface area contributed by atoms with E-state index in [1.165, 1.54) is 18.6 Å². The Labute approximate surface area is 431 Å². The van der Waals surface area contributed by atoms with Crippen molar-refractivity contribution in [2.24, 2.45) is 23.3 Å². The second-order valence-corrected chi connectivity index (χ2v) is 20.5. The number of aliphatic hydroxyl groups is 8. The van der Waals surface area contributed by atoms with Gasteiger partial charge in [-0.3, -0.25) is 33.6 Å². The highest BCUT2D eigenvalue weighted by molar-refractivity contribution is 5.98. The zero-order valence-corrected chi connectivity index (χ0v) is 42.9. The number of carbonyl (C=O) groups is 7. The van der Waals surface area contributed by atoms with Crippen LogP contribution >= 0.6 is 0 Å². The van der Waals surface area contributed by atoms with Crippen LogP contribution in [0.5, 0.6) is 5.75 Å². The molecular weight excluding hydrogens is 969 g/mol. The molecule has 3 aliphatic rings. The molecule has 4 rings (SSSR count). The number of likely N-dealkylation sites (tertiary alicyclic amines) is 3. The van der Waals surface area contributed by atoms with E-state index in [1.54, 1.807) is 0 Å². The van der Waals surface area contributed by atoms with Crippen molar-refractivity contribution in [3.05, 3.63) is 29.8 Å². The minimum atomic E-state index is -2.29. The minimum absolute atomic E-state index is 0.0377. The van der Waals surface area contributed by atoms with E-state index in [0.29, 0.717) is 18.3 Å². The third-order valence-electron chi connectivity index (χ3n) is 14.6. The predicted octanol–water partition coefficient (Wildman–Crippen LogP) is -2.79. The number of nitrogens with two attached hydrogens (primary N) is 2. The lowest BCUT2D eigenvalue weighted by Crippen LogP contribution is -2.64. The van der Waals surface area contributed by atoms with E-state index in [9.17, 15) is 79.5 Å². The van der Waals surface area contributed by atoms with Gasteiger partial charge < -0.3 is 88.1 Å². The molecule has 7 amide bonds. The summed E-state index contributed by atoms with van der Waals surface area (Å²) in [7, 11) is 0. The first kappa shape index (κ1) is 61.5. The Morgan fingerprint density at radius 3 is 1.92 bits per heavy atom. The predicted molar refractivity (Wildman–Crippen MR) is 265 cm³/mol. The smallest absolute Gasteiger partial charge is 0.248 e. The lowest BCUT2D eigenvalue weighted by molar-refractivity contribution is -0.151. The van der Waals surface area contributed by atoms with Crippen LogP contribution in [0.15, 0.2) is 24.3 Å². The number of hydrogen-bond donors (Lipinski definition) is 14. The molecular formula is C50H82N8O16. The van der Waals surface area contributed by atoms with Crippen molar-refractivity contribution in [1.82, 2.24) is 30.7 Å². The number of hydrogen-bond acceptors (Lipinski definition) is 17. The van der Waals surface area contributed by atoms with Crippen LogP contribution in [-0.2, 0) is 33.6 Å². The number of carbonyl (C=O) groups excluding carboxylic acids is 7. The summed E-state index contributed by atoms with van der Waals surface area (Å²) in [6.45, 7) is 6.89. The second-order valence-electron chi connectivity index (χ2n) is 20.5. The maximum atomic E-state index is 14.3. The third-order valence-corrected chi connectivity index (χ3v) is 14.6. The van der Waals surface area contributed by atoms with Gasteiger partial charge in [0.2, 0.25) is 41.4 Å². The largest absolute Gasteiger partial charge is 0.508 e. The van der Waals surface area contributed by atoms with Crippen molar-refractivity contribution in [3.8, 4) is 5.75 Å². The minimum Gasteiger partial charge on any atom is -0.508 e. The molecule has 24 heteroatoms. The van der Waals surface area contributed by atoms with Crippen LogP contribution in [0.2, 0.25) is 0 Å². The molecule has 16 N–H and O–H groups in total. The highest BCUT2D eigenvalue weighted by atomic mass is 16.4. The van der Waals surface area contributed by atoms with E-state index in [2.05, 4.69) is 36.7 Å². The molecule has 3 fully saturated rings. The molecule has 0 saturated carbocycles. The number of primary amides is 1. The van der Waals surface area contributed by atoms with Crippen LogP contribution < -0.4 is 27.4 Å². The number of benzene rings is 1. The van der Waals surface area contributed by atoms with Crippen LogP contribution in [-0.4, -0.2) is 201 Å². The van der Waals surface area contributed by atoms with E-state index >= 15 is 0 Å². The normalized spacial score (nSPS) is 25.5. The highest BCUT2D eigenvalue weighted by Crippen LogP contribution is 2.29. The first-order valence-electron chi connectivity index (χ1n) is 26.0. The van der Waals surface area contributed by atoms with E-state index < -0.39 is 146 Å². The highest BCUT2D eigenvalue weighted by Gasteiger charge is 2.50. The van der Waals surface area contributed by atoms with E-state index in [4.69, 9.17) is 11.5 Å². The molecule has 0 aromatic heterocycles. The van der Waals surface area contributed by atoms with Crippen LogP contribution in [0.3, 0.4) is 0 Å². The summed E-state index contributed by atoms with van der Waals surface area (Å²) in [6.07, 6.45) is -6.37. The van der Waals surface area contributed by atoms with E-state index in [-0.39, 0.29) is 43.7 Å². The standard InChI is InChI=1S/C50H82N8O16/c1-5-26(2)22-27(3)12-10-8-6-7-9-11-13-37(65)58-33(24-36(64)48(58)72)46(70)53-38(28(4)59)49(73)57-25-31(61)23-32(57)45(69)55-40(43(67)42(66)29-14-16-30(60)17-15-29)47(71)54-39(34(62)18-20-51)50(74)56-21-19-35(63)41(56)44(52)68/h14-17,26-28,31-36,38-43,48,59-64,66-67,72H,5-13,18-25,51H2,1-4H3,(H2,52,68)(H,53,70)(H,54,71)(H,55,69)/t26?,27?,28-,31-,32+,33+,34-,35+,36-,38+,39+,40+,41+,42+,43+,48-/m1/s1. The molecule has 0 bridgehead atoms. The van der Waals surface area contributed by atoms with Crippen LogP contribution in [0.1, 0.15) is 129 Å². The number of phenolic OH excluding ortho intramolecular Hbond substituents is 1. The van der Waals surface area contributed by atoms with E-state index in [1.807, 2.05) is 0 Å². The number of rotatable bonds is 28. The van der Waals surface area contributed by atoms with Gasteiger partial charge in [-0.1, -0.05) is 77.8 Å². The van der Waals surface area contributed by atoms with Gasteiger partial charge in [0.05, 0.1) is 24.4 Å². The van der Waals surface area contributed by atoms with Crippen molar-refractivity contribution < 1.29 is 79.5 Å². The van der Waals surface area contributed by atoms with Gasteiger partial charge in [0.15, 0.2) is 6.23 Å². The van der Waals surface area contributed by atoms with Crippen LogP contribution in [0.25, 0.3) is 0 Å². The summed E-state index contributed by atoms with van der Waals surface area (Å²) >= 11 is 0. The van der Waals surface area contributed by atoms with Crippen molar-refractivity contribution >= 4 is 41.4 Å². The topological polar surface area (TPSA) is 399 Å². The zero-order valence-electron chi connectivity index (χ0n) is 42.9. The number of aliphatic hydroxyl groups excluding tert-OH is 8. The summed E-state index contributed by atoms with van der Waals surface area (Å²) in [6, 6.07) is -6.05. The van der Waals surface area contributed by atoms with Crippen LogP contribution in [0, 0.1) is 11.8 Å². The molecule has 418 valence electrons. The molecule has 16 atom stereocenters. The molecule has 3 aliphatic heterocycles. The summed E-state index contributed by atoms with van der Waals surface area (Å²) in [5.41, 5.74) is 11.0. The number of nitrogens with zero attached hydrogens (tertiary/aromatic N) is 3. The molecule has 0 aliphatic carbocycles. The Kier molecular flexibility index (Phi) is 23.9. The first-order chi connectivity index (χ1) is 34.9. The maximum absolute atomic E-state index is 14.3. The molecule has 1 aromatic rings. The first-order valence-corrected chi connectivity index (χ1v) is 26.0. The van der Waals surface area contributed by atoms with Gasteiger partial charge in [0.1, 0.15) is 60.3 Å². The summed E-state index contributed by atoms with van der Waals surface area (Å²) in [5.74, 6) is -6.42. The Hall–Kier alpha value is -5.05. The summed E-state index contributed by atoms with van der Waals surface area (Å²) < 4.78 is 0. The summed E-state index contributed by atoms with van der Waals surface area (Å²) in [5, 5.41) is 104. The monoisotopic (exact) mass is 1050 g/mol. The van der Waals surface area contributed by atoms with Gasteiger partial charge in [0.25, 0.3) is 0 Å². The van der Waals surface area contributed by atoms with Gasteiger partial charge >= 0.3 is 0 Å². The fourth-order valence-electron chi connectivity index (χ4n) is 10.1. The van der Waals surface area contributed by atoms with Crippen molar-refractivity contribution in [1.29, 1.82) is 0 Å². The van der Waals surface area contributed by atoms with Gasteiger partial charge in [0, 0.05) is 32.4 Å². The number of β-amino-alcohol motifs (C(OH)–C–C–N with tert-alkyl or cyclic N) is 1. The number of phenols is 1. The Morgan fingerprint density at radius 1 is 0.716 bits per heavy atom. The molecule has 3 heterocycles. The maximum Gasteiger partial charge on any atom is 0.248 e. The fourth-order valence-corrected chi connectivity index (χ4v) is 10.1. The number of amides is 7. The number of aromatic hydroxyl groups is 1. The lowest BCUT2D eigenvalue weighted by Gasteiger charge is -2.34. The average molecular weight is 1050 g/mol. The lowest BCUT2D eigenvalue weighted by atomic mass is 9.91. The molecule has 24 nitrogen and oxygen atoms in total. The van der Waals surface area contributed by atoms with Gasteiger partial charge in [-0.05, 0) is 68.7 Å². The fraction of sp³-hybridized carbons (Fsp3) is 0.740. The summed E-state index contributed by atoms with van der Waals surface area (Å²) in [4.78, 5) is 99.0. The molecule has 0 spiro atoms. The average Bonchev–Trinajstić information content (AvgIpc) is 4.04. The van der Waals surface area contributed by atoms with Crippen molar-refractivity contribution in [2.75, 3.05) is 19.6 Å². The molecule has 0 radical (unpaired) electrons. The van der Waals surface area contributed by atoms with Crippen LogP contribution in [0.4, 0.5) is 0 Å². The van der Waals surface area contributed by atoms with E-state index in [0.717, 1.165) is 78.7 Å². The Balaban J connectivity index is 1.50. The zero-order chi connectivity index (χ0) is 55.1. The van der Waals surface area contributed by atoms with Gasteiger partial charge in [-0.2, -0.15) is 0 Å². The quantitative estimate of drug-likeness (QED) is 0.0377. The molecule has 74 heavy (non-hydrogen) atoms. The van der Waals surface area contributed by atoms with Gasteiger partial charge in [-0.25, -0.2) is 0 Å². The second kappa shape index (κ2) is 28.7. The Bertz CT molecular complexity index is 2030. The molecule has 1 aromatic carbocycles. The molecule has 3 saturated heterocycles. The Morgan fingerprint density at radius 2 is 1.31 bits per heavy atom.